The fraction of sp³-hybridized carbons (Fsp3) is 0.222. The summed E-state index contributed by atoms with van der Waals surface area (Å²) in [5.74, 6) is 2.48. The minimum atomic E-state index is 0.509. The predicted molar refractivity (Wildman–Crippen MR) is 45.1 cm³/mol. The average Bonchev–Trinajstić information content (AvgIpc) is 1.90. The first-order valence-electron chi connectivity index (χ1n) is 3.07. The molecule has 0 spiro atoms. The van der Waals surface area contributed by atoms with E-state index >= 15 is 0 Å². The molecule has 1 N–H and O–H groups in total. The Balaban J connectivity index is 4.16. The van der Waals surface area contributed by atoms with Gasteiger partial charge in [0.25, 0.3) is 0 Å². The van der Waals surface area contributed by atoms with Gasteiger partial charge in [-0.05, 0) is 26.0 Å². The maximum atomic E-state index is 7.06. The van der Waals surface area contributed by atoms with E-state index in [1.54, 1.807) is 19.1 Å². The summed E-state index contributed by atoms with van der Waals surface area (Å²) in [5.41, 5.74) is 1.32. The first-order valence-corrected chi connectivity index (χ1v) is 3.07. The molecule has 0 rings (SSSR count). The van der Waals surface area contributed by atoms with Gasteiger partial charge in [-0.1, -0.05) is 12.0 Å². The molecular formula is C9H11N. The molecule has 0 aliphatic rings. The van der Waals surface area contributed by atoms with Crippen molar-refractivity contribution in [2.24, 2.45) is 0 Å². The SMILES string of the molecule is C#CC(/C=C\C(C)=N)=C/C. The molecule has 0 bridgehead atoms. The molecule has 1 nitrogen and oxygen atoms in total. The molecule has 0 aromatic rings. The zero-order chi connectivity index (χ0) is 7.98. The highest BCUT2D eigenvalue weighted by Crippen LogP contribution is 1.93. The van der Waals surface area contributed by atoms with Crippen LogP contribution in [-0.2, 0) is 0 Å². The highest BCUT2D eigenvalue weighted by molar-refractivity contribution is 5.90. The van der Waals surface area contributed by atoms with Gasteiger partial charge in [-0.15, -0.1) is 6.42 Å². The van der Waals surface area contributed by atoms with E-state index < -0.39 is 0 Å². The molecule has 52 valence electrons. The van der Waals surface area contributed by atoms with E-state index in [1.807, 2.05) is 13.0 Å². The van der Waals surface area contributed by atoms with E-state index in [-0.39, 0.29) is 0 Å². The lowest BCUT2D eigenvalue weighted by atomic mass is 10.2. The van der Waals surface area contributed by atoms with Gasteiger partial charge in [0.1, 0.15) is 0 Å². The van der Waals surface area contributed by atoms with Gasteiger partial charge in [0.05, 0.1) is 0 Å². The Morgan fingerprint density at radius 3 is 2.40 bits per heavy atom. The van der Waals surface area contributed by atoms with E-state index in [2.05, 4.69) is 5.92 Å². The van der Waals surface area contributed by atoms with Crippen molar-refractivity contribution in [3.05, 3.63) is 23.8 Å². The molecule has 0 aliphatic carbocycles. The van der Waals surface area contributed by atoms with Crippen LogP contribution in [0.25, 0.3) is 0 Å². The van der Waals surface area contributed by atoms with Crippen LogP contribution in [0.5, 0.6) is 0 Å². The molecule has 0 aliphatic heterocycles. The maximum absolute atomic E-state index is 7.06. The van der Waals surface area contributed by atoms with Crippen molar-refractivity contribution in [2.45, 2.75) is 13.8 Å². The lowest BCUT2D eigenvalue weighted by molar-refractivity contribution is 1.49. The standard InChI is InChI=1S/C9H11N/c1-4-9(5-2)7-6-8(3)10/h1,5-7,10H,2-3H3/b7-6-,9-5-,10-8?. The van der Waals surface area contributed by atoms with Crippen LogP contribution < -0.4 is 0 Å². The summed E-state index contributed by atoms with van der Waals surface area (Å²) < 4.78 is 0. The lowest BCUT2D eigenvalue weighted by Gasteiger charge is -1.85. The summed E-state index contributed by atoms with van der Waals surface area (Å²) >= 11 is 0. The number of nitrogens with one attached hydrogen (secondary N) is 1. The van der Waals surface area contributed by atoms with Crippen molar-refractivity contribution < 1.29 is 0 Å². The van der Waals surface area contributed by atoms with Crippen molar-refractivity contribution in [3.8, 4) is 12.3 Å². The van der Waals surface area contributed by atoms with Crippen LogP contribution in [0, 0.1) is 17.8 Å². The fourth-order valence-electron chi connectivity index (χ4n) is 0.442. The summed E-state index contributed by atoms with van der Waals surface area (Å²) in [5, 5.41) is 7.06. The minimum absolute atomic E-state index is 0.509. The van der Waals surface area contributed by atoms with E-state index in [0.29, 0.717) is 5.71 Å². The largest absolute Gasteiger partial charge is 0.306 e. The van der Waals surface area contributed by atoms with E-state index in [1.165, 1.54) is 0 Å². The predicted octanol–water partition coefficient (Wildman–Crippen LogP) is 2.16. The van der Waals surface area contributed by atoms with Gasteiger partial charge in [-0.25, -0.2) is 0 Å². The molecule has 0 amide bonds. The first-order chi connectivity index (χ1) is 4.70. The summed E-state index contributed by atoms with van der Waals surface area (Å²) in [6, 6.07) is 0. The highest BCUT2D eigenvalue weighted by atomic mass is 14.4. The molecule has 0 atom stereocenters. The normalized spacial score (nSPS) is 11.5. The third-order valence-electron chi connectivity index (χ3n) is 0.991. The maximum Gasteiger partial charge on any atom is 0.0283 e. The third kappa shape index (κ3) is 3.68. The quantitative estimate of drug-likeness (QED) is 0.339. The Morgan fingerprint density at radius 1 is 1.50 bits per heavy atom. The number of terminal acetylenes is 1. The van der Waals surface area contributed by atoms with Gasteiger partial charge in [-0.2, -0.15) is 0 Å². The second-order valence-corrected chi connectivity index (χ2v) is 1.90. The third-order valence-corrected chi connectivity index (χ3v) is 0.991. The topological polar surface area (TPSA) is 23.9 Å². The summed E-state index contributed by atoms with van der Waals surface area (Å²) in [6.07, 6.45) is 10.4. The van der Waals surface area contributed by atoms with Gasteiger partial charge in [0, 0.05) is 11.3 Å². The van der Waals surface area contributed by atoms with Gasteiger partial charge >= 0.3 is 0 Å². The van der Waals surface area contributed by atoms with Crippen LogP contribution in [0.1, 0.15) is 13.8 Å². The molecule has 1 heteroatoms. The Morgan fingerprint density at radius 2 is 2.10 bits per heavy atom. The molecule has 0 aromatic heterocycles. The highest BCUT2D eigenvalue weighted by Gasteiger charge is 1.80. The Labute approximate surface area is 62.0 Å². The minimum Gasteiger partial charge on any atom is -0.306 e. The second kappa shape index (κ2) is 4.58. The van der Waals surface area contributed by atoms with Gasteiger partial charge in [0.15, 0.2) is 0 Å². The van der Waals surface area contributed by atoms with Crippen molar-refractivity contribution in [3.63, 3.8) is 0 Å². The fourth-order valence-corrected chi connectivity index (χ4v) is 0.442. The van der Waals surface area contributed by atoms with Crippen molar-refractivity contribution >= 4 is 5.71 Å². The Kier molecular flexibility index (Phi) is 3.99. The molecule has 0 heterocycles. The van der Waals surface area contributed by atoms with Gasteiger partial charge in [-0.3, -0.25) is 0 Å². The Hall–Kier alpha value is -1.29. The molecule has 0 fully saturated rings. The van der Waals surface area contributed by atoms with E-state index in [4.69, 9.17) is 11.8 Å². The van der Waals surface area contributed by atoms with Crippen LogP contribution in [0.2, 0.25) is 0 Å². The number of rotatable bonds is 2. The van der Waals surface area contributed by atoms with Crippen molar-refractivity contribution in [1.82, 2.24) is 0 Å². The second-order valence-electron chi connectivity index (χ2n) is 1.90. The van der Waals surface area contributed by atoms with Crippen LogP contribution in [-0.4, -0.2) is 5.71 Å². The van der Waals surface area contributed by atoms with Crippen molar-refractivity contribution in [2.75, 3.05) is 0 Å². The molecular weight excluding hydrogens is 122 g/mol. The number of hydrogen-bond acceptors (Lipinski definition) is 1. The van der Waals surface area contributed by atoms with Crippen LogP contribution in [0.3, 0.4) is 0 Å². The number of hydrogen-bond donors (Lipinski definition) is 1. The smallest absolute Gasteiger partial charge is 0.0283 e. The van der Waals surface area contributed by atoms with E-state index in [9.17, 15) is 0 Å². The Bertz CT molecular complexity index is 213. The van der Waals surface area contributed by atoms with Crippen LogP contribution in [0.4, 0.5) is 0 Å². The molecule has 0 saturated carbocycles. The van der Waals surface area contributed by atoms with Crippen LogP contribution in [0.15, 0.2) is 23.8 Å². The van der Waals surface area contributed by atoms with Gasteiger partial charge < -0.3 is 5.41 Å². The lowest BCUT2D eigenvalue weighted by Crippen LogP contribution is -1.78. The van der Waals surface area contributed by atoms with Crippen LogP contribution >= 0.6 is 0 Å². The number of allylic oxidation sites excluding steroid dienone is 4. The summed E-state index contributed by atoms with van der Waals surface area (Å²) in [6.45, 7) is 3.58. The molecule has 0 saturated heterocycles. The molecule has 10 heavy (non-hydrogen) atoms. The zero-order valence-corrected chi connectivity index (χ0v) is 6.31. The molecule has 0 aromatic carbocycles. The zero-order valence-electron chi connectivity index (χ0n) is 6.31. The summed E-state index contributed by atoms with van der Waals surface area (Å²) in [7, 11) is 0. The van der Waals surface area contributed by atoms with Gasteiger partial charge in [0.2, 0.25) is 0 Å². The molecule has 0 radical (unpaired) electrons. The van der Waals surface area contributed by atoms with Crippen molar-refractivity contribution in [1.29, 1.82) is 5.41 Å². The average molecular weight is 133 g/mol. The monoisotopic (exact) mass is 133 g/mol. The first kappa shape index (κ1) is 8.71. The molecule has 0 unspecified atom stereocenters. The van der Waals surface area contributed by atoms with E-state index in [0.717, 1.165) is 5.57 Å². The summed E-state index contributed by atoms with van der Waals surface area (Å²) in [4.78, 5) is 0.